The molecule has 7 nitrogen and oxygen atoms in total. The normalized spacial score (nSPS) is 10.7. The molecule has 3 aromatic rings. The van der Waals surface area contributed by atoms with Gasteiger partial charge in [0.05, 0.1) is 10.6 Å². The summed E-state index contributed by atoms with van der Waals surface area (Å²) in [7, 11) is 0. The maximum atomic E-state index is 13.4. The zero-order valence-corrected chi connectivity index (χ0v) is 14.1. The van der Waals surface area contributed by atoms with E-state index >= 15 is 0 Å². The van der Waals surface area contributed by atoms with Gasteiger partial charge in [-0.25, -0.2) is 9.37 Å². The van der Waals surface area contributed by atoms with E-state index in [9.17, 15) is 19.3 Å². The number of imidazole rings is 1. The molecular weight excluding hydrogens is 359 g/mol. The molecule has 0 fully saturated rings. The zero-order chi connectivity index (χ0) is 18.7. The highest BCUT2D eigenvalue weighted by atomic mass is 32.2. The van der Waals surface area contributed by atoms with E-state index in [-0.39, 0.29) is 22.8 Å². The lowest BCUT2D eigenvalue weighted by atomic mass is 10.1. The predicted molar refractivity (Wildman–Crippen MR) is 94.7 cm³/mol. The lowest BCUT2D eigenvalue weighted by Crippen LogP contribution is -2.11. The van der Waals surface area contributed by atoms with E-state index in [1.165, 1.54) is 36.0 Å². The summed E-state index contributed by atoms with van der Waals surface area (Å²) in [5.41, 5.74) is 6.09. The average Bonchev–Trinajstić information content (AvgIpc) is 3.08. The minimum absolute atomic E-state index is 0.0757. The Balaban J connectivity index is 1.86. The van der Waals surface area contributed by atoms with Gasteiger partial charge in [-0.15, -0.1) is 0 Å². The summed E-state index contributed by atoms with van der Waals surface area (Å²) in [6.07, 6.45) is 3.25. The molecule has 2 aromatic carbocycles. The maximum Gasteiger partial charge on any atom is 0.274 e. The summed E-state index contributed by atoms with van der Waals surface area (Å²) < 4.78 is 15.1. The molecular formula is C17H13FN4O3S. The molecule has 0 bridgehead atoms. The molecule has 9 heteroatoms. The van der Waals surface area contributed by atoms with Crippen LogP contribution in [0.15, 0.2) is 60.0 Å². The van der Waals surface area contributed by atoms with Crippen LogP contribution in [0.2, 0.25) is 0 Å². The monoisotopic (exact) mass is 372 g/mol. The molecule has 1 heterocycles. The number of carbonyl (C=O) groups excluding carboxylic acids is 1. The number of carbonyl (C=O) groups is 1. The molecule has 0 aliphatic heterocycles. The highest BCUT2D eigenvalue weighted by Crippen LogP contribution is 2.29. The molecule has 0 spiro atoms. The van der Waals surface area contributed by atoms with E-state index in [0.29, 0.717) is 16.4 Å². The largest absolute Gasteiger partial charge is 0.366 e. The molecule has 2 N–H and O–H groups in total. The van der Waals surface area contributed by atoms with Gasteiger partial charge in [-0.3, -0.25) is 19.5 Å². The number of nitrogens with two attached hydrogens (primary N) is 1. The van der Waals surface area contributed by atoms with Gasteiger partial charge in [-0.2, -0.15) is 0 Å². The summed E-state index contributed by atoms with van der Waals surface area (Å²) in [6.45, 7) is 0. The second kappa shape index (κ2) is 7.36. The Morgan fingerprint density at radius 3 is 2.81 bits per heavy atom. The fourth-order valence-electron chi connectivity index (χ4n) is 2.37. The molecule has 1 aromatic heterocycles. The molecule has 0 atom stereocenters. The first-order chi connectivity index (χ1) is 12.5. The SMILES string of the molecule is NC(=O)c1ccc(CSc2nccn2-c2cccc(F)c2)c([N+](=O)[O-])c1. The molecule has 0 aliphatic carbocycles. The van der Waals surface area contributed by atoms with E-state index < -0.39 is 10.8 Å². The second-order valence-electron chi connectivity index (χ2n) is 5.31. The van der Waals surface area contributed by atoms with E-state index in [2.05, 4.69) is 4.98 Å². The van der Waals surface area contributed by atoms with Crippen LogP contribution in [0.1, 0.15) is 15.9 Å². The van der Waals surface area contributed by atoms with E-state index in [1.807, 2.05) is 0 Å². The molecule has 0 unspecified atom stereocenters. The number of thioether (sulfide) groups is 1. The van der Waals surface area contributed by atoms with Crippen molar-refractivity contribution < 1.29 is 14.1 Å². The van der Waals surface area contributed by atoms with Gasteiger partial charge in [0.15, 0.2) is 5.16 Å². The van der Waals surface area contributed by atoms with E-state index in [0.717, 1.165) is 6.07 Å². The lowest BCUT2D eigenvalue weighted by molar-refractivity contribution is -0.385. The summed E-state index contributed by atoms with van der Waals surface area (Å²) in [6, 6.07) is 10.2. The van der Waals surface area contributed by atoms with Crippen LogP contribution >= 0.6 is 11.8 Å². The van der Waals surface area contributed by atoms with E-state index in [4.69, 9.17) is 5.73 Å². The smallest absolute Gasteiger partial charge is 0.274 e. The van der Waals surface area contributed by atoms with Gasteiger partial charge in [0.2, 0.25) is 5.91 Å². The summed E-state index contributed by atoms with van der Waals surface area (Å²) in [5.74, 6) is -0.847. The third-order valence-corrected chi connectivity index (χ3v) is 4.63. The number of amides is 1. The average molecular weight is 372 g/mol. The first kappa shape index (κ1) is 17.6. The number of nitro groups is 1. The number of nitro benzene ring substituents is 1. The highest BCUT2D eigenvalue weighted by molar-refractivity contribution is 7.98. The van der Waals surface area contributed by atoms with Crippen molar-refractivity contribution >= 4 is 23.4 Å². The van der Waals surface area contributed by atoms with Crippen molar-refractivity contribution in [2.45, 2.75) is 10.9 Å². The van der Waals surface area contributed by atoms with Crippen molar-refractivity contribution in [3.8, 4) is 5.69 Å². The van der Waals surface area contributed by atoms with Crippen LogP contribution in [0.25, 0.3) is 5.69 Å². The van der Waals surface area contributed by atoms with Crippen molar-refractivity contribution in [1.29, 1.82) is 0 Å². The number of aromatic nitrogens is 2. The molecule has 1 amide bonds. The Morgan fingerprint density at radius 1 is 1.31 bits per heavy atom. The van der Waals surface area contributed by atoms with Crippen molar-refractivity contribution in [2.24, 2.45) is 5.73 Å². The number of halogens is 1. The summed E-state index contributed by atoms with van der Waals surface area (Å²) in [5, 5.41) is 11.8. The number of primary amides is 1. The molecule has 0 aliphatic rings. The summed E-state index contributed by atoms with van der Waals surface area (Å²) >= 11 is 1.26. The lowest BCUT2D eigenvalue weighted by Gasteiger charge is -2.08. The number of benzene rings is 2. The fourth-order valence-corrected chi connectivity index (χ4v) is 3.34. The number of rotatable bonds is 6. The zero-order valence-electron chi connectivity index (χ0n) is 13.3. The summed E-state index contributed by atoms with van der Waals surface area (Å²) in [4.78, 5) is 26.1. The maximum absolute atomic E-state index is 13.4. The van der Waals surface area contributed by atoms with Crippen molar-refractivity contribution in [3.05, 3.63) is 81.9 Å². The molecule has 0 radical (unpaired) electrons. The topological polar surface area (TPSA) is 104 Å². The van der Waals surface area contributed by atoms with Crippen molar-refractivity contribution in [2.75, 3.05) is 0 Å². The number of hydrogen-bond donors (Lipinski definition) is 1. The van der Waals surface area contributed by atoms with Crippen LogP contribution in [-0.4, -0.2) is 20.4 Å². The first-order valence-corrected chi connectivity index (χ1v) is 8.43. The minimum Gasteiger partial charge on any atom is -0.366 e. The molecule has 132 valence electrons. The van der Waals surface area contributed by atoms with Gasteiger partial charge in [0.25, 0.3) is 5.69 Å². The molecule has 26 heavy (non-hydrogen) atoms. The van der Waals surface area contributed by atoms with Crippen LogP contribution < -0.4 is 5.73 Å². The molecule has 0 saturated heterocycles. The van der Waals surface area contributed by atoms with Gasteiger partial charge < -0.3 is 5.73 Å². The Hall–Kier alpha value is -3.20. The Kier molecular flexibility index (Phi) is 4.99. The van der Waals surface area contributed by atoms with Crippen LogP contribution in [0, 0.1) is 15.9 Å². The Morgan fingerprint density at radius 2 is 2.12 bits per heavy atom. The molecule has 3 rings (SSSR count). The van der Waals surface area contributed by atoms with Gasteiger partial charge in [0, 0.05) is 35.3 Å². The van der Waals surface area contributed by atoms with Crippen LogP contribution in [0.5, 0.6) is 0 Å². The standard InChI is InChI=1S/C17H13FN4O3S/c18-13-2-1-3-14(9-13)21-7-6-20-17(21)26-10-12-5-4-11(16(19)23)8-15(12)22(24)25/h1-9H,10H2,(H2,19,23). The first-order valence-electron chi connectivity index (χ1n) is 7.45. The predicted octanol–water partition coefficient (Wildman–Crippen LogP) is 3.31. The van der Waals surface area contributed by atoms with Crippen molar-refractivity contribution in [3.63, 3.8) is 0 Å². The second-order valence-corrected chi connectivity index (χ2v) is 6.26. The number of hydrogen-bond acceptors (Lipinski definition) is 5. The van der Waals surface area contributed by atoms with E-state index in [1.54, 1.807) is 29.1 Å². The number of nitrogens with zero attached hydrogens (tertiary/aromatic N) is 3. The fraction of sp³-hybridized carbons (Fsp3) is 0.0588. The Bertz CT molecular complexity index is 990. The van der Waals surface area contributed by atoms with Crippen LogP contribution in [-0.2, 0) is 5.75 Å². The van der Waals surface area contributed by atoms with Gasteiger partial charge in [-0.05, 0) is 24.3 Å². The Labute approximate surface area is 151 Å². The molecule has 0 saturated carbocycles. The minimum atomic E-state index is -0.728. The third-order valence-electron chi connectivity index (χ3n) is 3.62. The van der Waals surface area contributed by atoms with Crippen molar-refractivity contribution in [1.82, 2.24) is 9.55 Å². The third kappa shape index (κ3) is 3.72. The quantitative estimate of drug-likeness (QED) is 0.406. The van der Waals surface area contributed by atoms with Gasteiger partial charge in [0.1, 0.15) is 5.82 Å². The van der Waals surface area contributed by atoms with Crippen LogP contribution in [0.4, 0.5) is 10.1 Å². The van der Waals surface area contributed by atoms with Gasteiger partial charge >= 0.3 is 0 Å². The van der Waals surface area contributed by atoms with Crippen LogP contribution in [0.3, 0.4) is 0 Å². The highest BCUT2D eigenvalue weighted by Gasteiger charge is 2.17. The van der Waals surface area contributed by atoms with Gasteiger partial charge in [-0.1, -0.05) is 23.9 Å².